The fourth-order valence-corrected chi connectivity index (χ4v) is 1.30. The molecule has 84 valence electrons. The van der Waals surface area contributed by atoms with Crippen molar-refractivity contribution in [3.63, 3.8) is 0 Å². The Kier molecular flexibility index (Phi) is 4.65. The summed E-state index contributed by atoms with van der Waals surface area (Å²) in [5, 5.41) is 11.7. The molecular formula is C11H15F2NO. The molecule has 0 bridgehead atoms. The topological polar surface area (TPSA) is 32.3 Å². The van der Waals surface area contributed by atoms with Gasteiger partial charge in [0.25, 0.3) is 0 Å². The summed E-state index contributed by atoms with van der Waals surface area (Å²) < 4.78 is 25.5. The lowest BCUT2D eigenvalue weighted by Crippen LogP contribution is -2.20. The van der Waals surface area contributed by atoms with Crippen LogP contribution in [-0.2, 0) is 0 Å². The Morgan fingerprint density at radius 1 is 1.33 bits per heavy atom. The average Bonchev–Trinajstić information content (AvgIpc) is 2.22. The molecule has 0 saturated carbocycles. The maximum atomic E-state index is 12.9. The van der Waals surface area contributed by atoms with Crippen LogP contribution in [0.25, 0.3) is 0 Å². The van der Waals surface area contributed by atoms with E-state index in [1.54, 1.807) is 6.07 Å². The van der Waals surface area contributed by atoms with Gasteiger partial charge in [-0.25, -0.2) is 8.78 Å². The molecule has 2 N–H and O–H groups in total. The standard InChI is InChI=1S/C11H15F2NO/c1-8(14-5-2-6-15)9-3-4-10(12)11(13)7-9/h3-4,7-8,14-15H,2,5-6H2,1H3/t8-/m0/s1. The van der Waals surface area contributed by atoms with Crippen molar-refractivity contribution in [2.24, 2.45) is 0 Å². The van der Waals surface area contributed by atoms with Crippen molar-refractivity contribution < 1.29 is 13.9 Å². The first-order valence-electron chi connectivity index (χ1n) is 4.94. The minimum absolute atomic E-state index is 0.0494. The van der Waals surface area contributed by atoms with Crippen molar-refractivity contribution in [2.75, 3.05) is 13.2 Å². The first kappa shape index (κ1) is 12.1. The van der Waals surface area contributed by atoms with E-state index in [0.29, 0.717) is 18.5 Å². The Morgan fingerprint density at radius 3 is 2.67 bits per heavy atom. The number of hydrogen-bond acceptors (Lipinski definition) is 2. The van der Waals surface area contributed by atoms with Gasteiger partial charge in [-0.1, -0.05) is 6.07 Å². The molecule has 0 unspecified atom stereocenters. The van der Waals surface area contributed by atoms with Gasteiger partial charge in [0.15, 0.2) is 11.6 Å². The van der Waals surface area contributed by atoms with Crippen LogP contribution in [0.4, 0.5) is 8.78 Å². The van der Waals surface area contributed by atoms with Crippen LogP contribution in [0.1, 0.15) is 24.9 Å². The van der Waals surface area contributed by atoms with Crippen molar-refractivity contribution in [1.82, 2.24) is 5.32 Å². The molecule has 15 heavy (non-hydrogen) atoms. The molecule has 0 aliphatic carbocycles. The molecule has 1 rings (SSSR count). The lowest BCUT2D eigenvalue weighted by molar-refractivity contribution is 0.284. The van der Waals surface area contributed by atoms with Crippen LogP contribution >= 0.6 is 0 Å². The van der Waals surface area contributed by atoms with E-state index in [2.05, 4.69) is 5.32 Å². The van der Waals surface area contributed by atoms with Crippen LogP contribution in [-0.4, -0.2) is 18.3 Å². The second-order valence-corrected chi connectivity index (χ2v) is 3.43. The highest BCUT2D eigenvalue weighted by atomic mass is 19.2. The van der Waals surface area contributed by atoms with Gasteiger partial charge in [0, 0.05) is 12.6 Å². The molecule has 0 aliphatic rings. The Hall–Kier alpha value is -1.00. The van der Waals surface area contributed by atoms with Crippen LogP contribution in [0.3, 0.4) is 0 Å². The van der Waals surface area contributed by atoms with Crippen molar-refractivity contribution >= 4 is 0 Å². The number of aliphatic hydroxyl groups is 1. The van der Waals surface area contributed by atoms with Crippen LogP contribution < -0.4 is 5.32 Å². The van der Waals surface area contributed by atoms with Gasteiger partial charge in [0.05, 0.1) is 0 Å². The first-order valence-corrected chi connectivity index (χ1v) is 4.94. The summed E-state index contributed by atoms with van der Waals surface area (Å²) in [6.07, 6.45) is 0.647. The smallest absolute Gasteiger partial charge is 0.159 e. The number of benzene rings is 1. The minimum atomic E-state index is -0.832. The molecule has 0 amide bonds. The molecule has 0 radical (unpaired) electrons. The van der Waals surface area contributed by atoms with E-state index in [4.69, 9.17) is 5.11 Å². The van der Waals surface area contributed by atoms with E-state index in [1.165, 1.54) is 6.07 Å². The number of rotatable bonds is 5. The molecule has 0 saturated heterocycles. The average molecular weight is 215 g/mol. The van der Waals surface area contributed by atoms with Gasteiger partial charge < -0.3 is 10.4 Å². The maximum Gasteiger partial charge on any atom is 0.159 e. The largest absolute Gasteiger partial charge is 0.396 e. The molecule has 0 aliphatic heterocycles. The number of hydrogen-bond donors (Lipinski definition) is 2. The molecule has 4 heteroatoms. The fraction of sp³-hybridized carbons (Fsp3) is 0.455. The molecule has 0 aromatic heterocycles. The normalized spacial score (nSPS) is 12.8. The molecule has 1 atom stereocenters. The summed E-state index contributed by atoms with van der Waals surface area (Å²) in [5.74, 6) is -1.66. The van der Waals surface area contributed by atoms with Gasteiger partial charge in [-0.2, -0.15) is 0 Å². The number of halogens is 2. The van der Waals surface area contributed by atoms with E-state index in [9.17, 15) is 8.78 Å². The zero-order chi connectivity index (χ0) is 11.3. The second-order valence-electron chi connectivity index (χ2n) is 3.43. The van der Waals surface area contributed by atoms with E-state index < -0.39 is 11.6 Å². The molecule has 0 heterocycles. The molecule has 2 nitrogen and oxygen atoms in total. The van der Waals surface area contributed by atoms with Gasteiger partial charge in [0.2, 0.25) is 0 Å². The second kappa shape index (κ2) is 5.78. The van der Waals surface area contributed by atoms with Crippen molar-refractivity contribution in [1.29, 1.82) is 0 Å². The summed E-state index contributed by atoms with van der Waals surface area (Å²) in [7, 11) is 0. The van der Waals surface area contributed by atoms with Crippen LogP contribution in [0.15, 0.2) is 18.2 Å². The highest BCUT2D eigenvalue weighted by Gasteiger charge is 2.07. The first-order chi connectivity index (χ1) is 7.15. The monoisotopic (exact) mass is 215 g/mol. The Labute approximate surface area is 87.9 Å². The fourth-order valence-electron chi connectivity index (χ4n) is 1.30. The zero-order valence-electron chi connectivity index (χ0n) is 8.63. The summed E-state index contributed by atoms with van der Waals surface area (Å²) in [6, 6.07) is 3.81. The predicted molar refractivity (Wildman–Crippen MR) is 54.5 cm³/mol. The Balaban J connectivity index is 2.57. The van der Waals surface area contributed by atoms with Crippen LogP contribution in [0.5, 0.6) is 0 Å². The summed E-state index contributed by atoms with van der Waals surface area (Å²) in [6.45, 7) is 2.64. The maximum absolute atomic E-state index is 12.9. The Morgan fingerprint density at radius 2 is 2.07 bits per heavy atom. The van der Waals surface area contributed by atoms with E-state index in [-0.39, 0.29) is 12.6 Å². The Bertz CT molecular complexity index is 317. The summed E-state index contributed by atoms with van der Waals surface area (Å²) in [4.78, 5) is 0. The molecule has 0 spiro atoms. The number of nitrogens with one attached hydrogen (secondary N) is 1. The summed E-state index contributed by atoms with van der Waals surface area (Å²) >= 11 is 0. The SMILES string of the molecule is C[C@H](NCCCO)c1ccc(F)c(F)c1. The molecule has 1 aromatic carbocycles. The predicted octanol–water partition coefficient (Wildman–Crippen LogP) is 2.00. The highest BCUT2D eigenvalue weighted by Crippen LogP contribution is 2.15. The van der Waals surface area contributed by atoms with E-state index in [1.807, 2.05) is 6.92 Å². The lowest BCUT2D eigenvalue weighted by Gasteiger charge is -2.13. The highest BCUT2D eigenvalue weighted by molar-refractivity contribution is 5.20. The summed E-state index contributed by atoms with van der Waals surface area (Å²) in [5.41, 5.74) is 0.701. The van der Waals surface area contributed by atoms with Gasteiger partial charge in [-0.05, 0) is 37.6 Å². The van der Waals surface area contributed by atoms with Gasteiger partial charge in [-0.15, -0.1) is 0 Å². The zero-order valence-corrected chi connectivity index (χ0v) is 8.63. The van der Waals surface area contributed by atoms with Crippen molar-refractivity contribution in [2.45, 2.75) is 19.4 Å². The van der Waals surface area contributed by atoms with Crippen molar-refractivity contribution in [3.05, 3.63) is 35.4 Å². The third-order valence-corrected chi connectivity index (χ3v) is 2.23. The van der Waals surface area contributed by atoms with Crippen LogP contribution in [0.2, 0.25) is 0 Å². The van der Waals surface area contributed by atoms with Gasteiger partial charge >= 0.3 is 0 Å². The van der Waals surface area contributed by atoms with Crippen LogP contribution in [0, 0.1) is 11.6 Å². The molecule has 0 fully saturated rings. The number of aliphatic hydroxyl groups excluding tert-OH is 1. The van der Waals surface area contributed by atoms with E-state index in [0.717, 1.165) is 6.07 Å². The van der Waals surface area contributed by atoms with E-state index >= 15 is 0 Å². The van der Waals surface area contributed by atoms with Crippen molar-refractivity contribution in [3.8, 4) is 0 Å². The third-order valence-electron chi connectivity index (χ3n) is 2.23. The molecule has 1 aromatic rings. The third kappa shape index (κ3) is 3.57. The minimum Gasteiger partial charge on any atom is -0.396 e. The van der Waals surface area contributed by atoms with Gasteiger partial charge in [0.1, 0.15) is 0 Å². The molecular weight excluding hydrogens is 200 g/mol. The lowest BCUT2D eigenvalue weighted by atomic mass is 10.1. The quantitative estimate of drug-likeness (QED) is 0.736. The van der Waals surface area contributed by atoms with Gasteiger partial charge in [-0.3, -0.25) is 0 Å².